The van der Waals surface area contributed by atoms with Crippen LogP contribution in [0.2, 0.25) is 0 Å². The first-order valence-electron chi connectivity index (χ1n) is 13.0. The molecule has 3 atom stereocenters. The van der Waals surface area contributed by atoms with Crippen molar-refractivity contribution in [3.63, 3.8) is 0 Å². The van der Waals surface area contributed by atoms with Gasteiger partial charge in [-0.05, 0) is 51.0 Å². The topological polar surface area (TPSA) is 150 Å². The summed E-state index contributed by atoms with van der Waals surface area (Å²) >= 11 is 0. The highest BCUT2D eigenvalue weighted by atomic mass is 17.1. The number of nitrogens with zero attached hydrogens (tertiary/aromatic N) is 3. The van der Waals surface area contributed by atoms with Crippen LogP contribution in [0.5, 0.6) is 0 Å². The van der Waals surface area contributed by atoms with Crippen molar-refractivity contribution in [3.05, 3.63) is 35.9 Å². The first-order chi connectivity index (χ1) is 18.4. The first kappa shape index (κ1) is 29.9. The number of rotatable bonds is 14. The molecule has 0 spiro atoms. The maximum absolute atomic E-state index is 13.7. The Kier molecular flexibility index (Phi) is 12.3. The third-order valence-corrected chi connectivity index (χ3v) is 6.46. The van der Waals surface area contributed by atoms with Gasteiger partial charge in [0.15, 0.2) is 6.79 Å². The van der Waals surface area contributed by atoms with Gasteiger partial charge in [0.05, 0.1) is 31.3 Å². The molecule has 3 N–H and O–H groups in total. The van der Waals surface area contributed by atoms with Crippen LogP contribution in [0.25, 0.3) is 0 Å². The molecule has 13 nitrogen and oxygen atoms in total. The number of fused-ring (bicyclic) bond motifs is 1. The molecular weight excluding hydrogens is 500 g/mol. The SMILES string of the molecule is CCOC(=O)C(CCc1ccccc1)NC1CCCN2CCCC(C(=O)OCOCCON(O)O)N2C1=O. The molecule has 212 valence electrons. The third kappa shape index (κ3) is 8.98. The summed E-state index contributed by atoms with van der Waals surface area (Å²) in [6.07, 6.45) is 3.50. The standard InChI is InChI=1S/C25H38N4O9/c1-2-36-24(31)21(13-12-19-8-4-3-5-9-19)26-20-10-6-14-27-15-7-11-22(28(27)23(20)30)25(32)37-18-35-16-17-38-29(33)34/h3-5,8-9,20-22,26,33-34H,2,6-7,10-18H2,1H3. The van der Waals surface area contributed by atoms with E-state index in [0.717, 1.165) is 12.0 Å². The first-order valence-corrected chi connectivity index (χ1v) is 13.0. The van der Waals surface area contributed by atoms with Crippen LogP contribution in [0.1, 0.15) is 44.6 Å². The summed E-state index contributed by atoms with van der Waals surface area (Å²) in [5.74, 6) is -1.28. The Morgan fingerprint density at radius 1 is 1.11 bits per heavy atom. The van der Waals surface area contributed by atoms with Crippen LogP contribution >= 0.6 is 0 Å². The van der Waals surface area contributed by atoms with Crippen LogP contribution < -0.4 is 5.32 Å². The quantitative estimate of drug-likeness (QED) is 0.134. The minimum Gasteiger partial charge on any atom is -0.465 e. The van der Waals surface area contributed by atoms with E-state index in [2.05, 4.69) is 10.2 Å². The molecule has 2 fully saturated rings. The lowest BCUT2D eigenvalue weighted by atomic mass is 10.0. The fraction of sp³-hybridized carbons (Fsp3) is 0.640. The number of ether oxygens (including phenoxy) is 3. The van der Waals surface area contributed by atoms with E-state index in [1.165, 1.54) is 5.01 Å². The van der Waals surface area contributed by atoms with Crippen molar-refractivity contribution in [1.29, 1.82) is 0 Å². The molecule has 2 aliphatic rings. The van der Waals surface area contributed by atoms with Gasteiger partial charge in [-0.2, -0.15) is 0 Å². The molecule has 2 aliphatic heterocycles. The van der Waals surface area contributed by atoms with Gasteiger partial charge >= 0.3 is 11.9 Å². The van der Waals surface area contributed by atoms with E-state index < -0.39 is 35.5 Å². The number of amides is 1. The van der Waals surface area contributed by atoms with Crippen molar-refractivity contribution in [2.45, 2.75) is 63.6 Å². The van der Waals surface area contributed by atoms with E-state index in [1.54, 1.807) is 6.92 Å². The van der Waals surface area contributed by atoms with E-state index in [0.29, 0.717) is 45.2 Å². The lowest BCUT2D eigenvalue weighted by molar-refractivity contribution is -0.493. The molecule has 0 aliphatic carbocycles. The number of esters is 2. The normalized spacial score (nSPS) is 21.1. The Labute approximate surface area is 222 Å². The van der Waals surface area contributed by atoms with Gasteiger partial charge in [0.2, 0.25) is 0 Å². The minimum absolute atomic E-state index is 0.0471. The maximum Gasteiger partial charge on any atom is 0.332 e. The summed E-state index contributed by atoms with van der Waals surface area (Å²) in [4.78, 5) is 43.8. The third-order valence-electron chi connectivity index (χ3n) is 6.46. The molecular formula is C25H38N4O9. The van der Waals surface area contributed by atoms with E-state index in [4.69, 9.17) is 24.6 Å². The number of carbonyl (C=O) groups excluding carboxylic acids is 3. The summed E-state index contributed by atoms with van der Waals surface area (Å²) in [6, 6.07) is 7.66. The monoisotopic (exact) mass is 538 g/mol. The largest absolute Gasteiger partial charge is 0.465 e. The summed E-state index contributed by atoms with van der Waals surface area (Å²) in [7, 11) is 0. The molecule has 0 aromatic heterocycles. The number of aryl methyl sites for hydroxylation is 1. The summed E-state index contributed by atoms with van der Waals surface area (Å²) in [5, 5.41) is 23.2. The van der Waals surface area contributed by atoms with Gasteiger partial charge in [0.25, 0.3) is 5.91 Å². The van der Waals surface area contributed by atoms with Crippen molar-refractivity contribution in [2.75, 3.05) is 39.7 Å². The predicted octanol–water partition coefficient (Wildman–Crippen LogP) is 1.04. The molecule has 2 heterocycles. The number of hydrogen-bond donors (Lipinski definition) is 3. The zero-order valence-corrected chi connectivity index (χ0v) is 21.7. The van der Waals surface area contributed by atoms with Crippen molar-refractivity contribution in [1.82, 2.24) is 20.7 Å². The molecule has 0 saturated carbocycles. The Hall–Kier alpha value is -2.65. The van der Waals surface area contributed by atoms with Gasteiger partial charge in [0.1, 0.15) is 12.1 Å². The molecule has 1 aromatic rings. The van der Waals surface area contributed by atoms with E-state index in [9.17, 15) is 14.4 Å². The number of nitrogens with one attached hydrogen (secondary N) is 1. The Morgan fingerprint density at radius 2 is 1.84 bits per heavy atom. The van der Waals surface area contributed by atoms with Gasteiger partial charge in [0, 0.05) is 13.1 Å². The highest BCUT2D eigenvalue weighted by molar-refractivity contribution is 5.88. The van der Waals surface area contributed by atoms with Crippen molar-refractivity contribution in [2.24, 2.45) is 0 Å². The van der Waals surface area contributed by atoms with Crippen LogP contribution in [0, 0.1) is 0 Å². The van der Waals surface area contributed by atoms with Gasteiger partial charge in [-0.25, -0.2) is 14.6 Å². The molecule has 2 saturated heterocycles. The number of hydrogen-bond acceptors (Lipinski definition) is 12. The fourth-order valence-corrected chi connectivity index (χ4v) is 4.68. The second-order valence-electron chi connectivity index (χ2n) is 9.06. The highest BCUT2D eigenvalue weighted by Gasteiger charge is 2.43. The van der Waals surface area contributed by atoms with E-state index in [1.807, 2.05) is 35.3 Å². The molecule has 3 unspecified atom stereocenters. The van der Waals surface area contributed by atoms with E-state index >= 15 is 0 Å². The van der Waals surface area contributed by atoms with E-state index in [-0.39, 0.29) is 32.5 Å². The summed E-state index contributed by atoms with van der Waals surface area (Å²) in [6.45, 7) is 2.65. The summed E-state index contributed by atoms with van der Waals surface area (Å²) in [5.41, 5.74) is 1.08. The Bertz CT molecular complexity index is 889. The van der Waals surface area contributed by atoms with Crippen LogP contribution in [0.3, 0.4) is 0 Å². The van der Waals surface area contributed by atoms with Crippen molar-refractivity contribution < 1.29 is 43.8 Å². The van der Waals surface area contributed by atoms with Gasteiger partial charge in [-0.15, -0.1) is 0 Å². The van der Waals surface area contributed by atoms with Crippen LogP contribution in [-0.4, -0.2) is 101 Å². The van der Waals surface area contributed by atoms with Crippen LogP contribution in [0.4, 0.5) is 0 Å². The molecule has 0 bridgehead atoms. The smallest absolute Gasteiger partial charge is 0.332 e. The molecule has 1 amide bonds. The Balaban J connectivity index is 1.63. The summed E-state index contributed by atoms with van der Waals surface area (Å²) < 4.78 is 15.6. The highest BCUT2D eigenvalue weighted by Crippen LogP contribution is 2.25. The van der Waals surface area contributed by atoms with Crippen LogP contribution in [-0.2, 0) is 39.9 Å². The molecule has 13 heteroatoms. The fourth-order valence-electron chi connectivity index (χ4n) is 4.68. The average molecular weight is 539 g/mol. The molecule has 38 heavy (non-hydrogen) atoms. The zero-order valence-electron chi connectivity index (χ0n) is 21.7. The van der Waals surface area contributed by atoms with Gasteiger partial charge in [-0.3, -0.25) is 30.3 Å². The maximum atomic E-state index is 13.7. The number of hydrazine groups is 1. The van der Waals surface area contributed by atoms with Gasteiger partial charge < -0.3 is 14.2 Å². The average Bonchev–Trinajstić information content (AvgIpc) is 3.07. The lowest BCUT2D eigenvalue weighted by Crippen LogP contribution is -2.62. The van der Waals surface area contributed by atoms with Crippen molar-refractivity contribution in [3.8, 4) is 0 Å². The molecule has 3 rings (SSSR count). The zero-order chi connectivity index (χ0) is 27.3. The second kappa shape index (κ2) is 15.7. The number of carbonyl (C=O) groups is 3. The lowest BCUT2D eigenvalue weighted by Gasteiger charge is -2.42. The second-order valence-corrected chi connectivity index (χ2v) is 9.06. The van der Waals surface area contributed by atoms with Crippen LogP contribution in [0.15, 0.2) is 30.3 Å². The number of benzene rings is 1. The van der Waals surface area contributed by atoms with Gasteiger partial charge in [-0.1, -0.05) is 30.3 Å². The molecule has 0 radical (unpaired) electrons. The predicted molar refractivity (Wildman–Crippen MR) is 131 cm³/mol. The Morgan fingerprint density at radius 3 is 2.55 bits per heavy atom. The minimum atomic E-state index is -0.811. The van der Waals surface area contributed by atoms with Crippen molar-refractivity contribution >= 4 is 17.8 Å². The molecule has 1 aromatic carbocycles.